The number of aryl methyl sites for hydroxylation is 1. The first-order valence-electron chi connectivity index (χ1n) is 6.11. The van der Waals surface area contributed by atoms with Gasteiger partial charge in [-0.15, -0.1) is 0 Å². The number of nitro benzene ring substituents is 1. The van der Waals surface area contributed by atoms with Crippen LogP contribution in [0.25, 0.3) is 0 Å². The number of hydrogen-bond donors (Lipinski definition) is 1. The minimum atomic E-state index is -0.546. The highest BCUT2D eigenvalue weighted by atomic mass is 16.6. The average Bonchev–Trinajstić information content (AvgIpc) is 2.83. The minimum Gasteiger partial charge on any atom is -0.496 e. The van der Waals surface area contributed by atoms with Crippen molar-refractivity contribution >= 4 is 17.3 Å². The number of nitro groups is 1. The Morgan fingerprint density at radius 3 is 2.81 bits per heavy atom. The van der Waals surface area contributed by atoms with E-state index in [1.807, 2.05) is 6.92 Å². The van der Waals surface area contributed by atoms with Crippen LogP contribution in [0.1, 0.15) is 5.69 Å². The van der Waals surface area contributed by atoms with Crippen molar-refractivity contribution in [1.29, 1.82) is 0 Å². The van der Waals surface area contributed by atoms with E-state index >= 15 is 0 Å². The summed E-state index contributed by atoms with van der Waals surface area (Å²) in [7, 11) is 1.40. The Kier molecular flexibility index (Phi) is 4.17. The highest BCUT2D eigenvalue weighted by Gasteiger charge is 2.12. The van der Waals surface area contributed by atoms with E-state index in [1.54, 1.807) is 12.3 Å². The van der Waals surface area contributed by atoms with Crippen LogP contribution in [0.5, 0.6) is 5.75 Å². The fourth-order valence-corrected chi connectivity index (χ4v) is 1.78. The van der Waals surface area contributed by atoms with Crippen molar-refractivity contribution in [1.82, 2.24) is 9.78 Å². The standard InChI is InChI=1S/C13H14N4O4/c1-9-3-4-14-16(9)8-13(18)15-10-5-11(17(19)20)7-12(6-10)21-2/h3-7H,8H2,1-2H3,(H,15,18). The van der Waals surface area contributed by atoms with Gasteiger partial charge in [0.05, 0.1) is 23.8 Å². The molecule has 0 aliphatic rings. The molecule has 110 valence electrons. The first-order chi connectivity index (χ1) is 9.99. The highest BCUT2D eigenvalue weighted by molar-refractivity contribution is 5.91. The lowest BCUT2D eigenvalue weighted by atomic mass is 10.2. The molecule has 0 saturated carbocycles. The largest absolute Gasteiger partial charge is 0.496 e. The minimum absolute atomic E-state index is 0.0316. The van der Waals surface area contributed by atoms with Gasteiger partial charge in [0.25, 0.3) is 5.69 Å². The van der Waals surface area contributed by atoms with Gasteiger partial charge in [-0.1, -0.05) is 0 Å². The normalized spacial score (nSPS) is 10.2. The summed E-state index contributed by atoms with van der Waals surface area (Å²) < 4.78 is 6.51. The highest BCUT2D eigenvalue weighted by Crippen LogP contribution is 2.25. The predicted octanol–water partition coefficient (Wildman–Crippen LogP) is 1.75. The lowest BCUT2D eigenvalue weighted by Gasteiger charge is -2.08. The molecule has 1 aromatic heterocycles. The number of amides is 1. The molecule has 0 spiro atoms. The second-order valence-electron chi connectivity index (χ2n) is 4.36. The molecule has 21 heavy (non-hydrogen) atoms. The fraction of sp³-hybridized carbons (Fsp3) is 0.231. The van der Waals surface area contributed by atoms with Crippen molar-refractivity contribution < 1.29 is 14.5 Å². The van der Waals surface area contributed by atoms with Crippen LogP contribution in [-0.2, 0) is 11.3 Å². The molecule has 0 atom stereocenters. The molecular formula is C13H14N4O4. The number of benzene rings is 1. The van der Waals surface area contributed by atoms with Gasteiger partial charge in [0.15, 0.2) is 0 Å². The summed E-state index contributed by atoms with van der Waals surface area (Å²) in [6.07, 6.45) is 1.60. The summed E-state index contributed by atoms with van der Waals surface area (Å²) in [5.41, 5.74) is 0.998. The van der Waals surface area contributed by atoms with E-state index in [-0.39, 0.29) is 18.1 Å². The molecule has 1 aromatic carbocycles. The molecule has 0 saturated heterocycles. The van der Waals surface area contributed by atoms with Gasteiger partial charge in [0, 0.05) is 24.0 Å². The quantitative estimate of drug-likeness (QED) is 0.668. The van der Waals surface area contributed by atoms with Crippen LogP contribution in [0.4, 0.5) is 11.4 Å². The van der Waals surface area contributed by atoms with Crippen LogP contribution in [0, 0.1) is 17.0 Å². The molecule has 8 heteroatoms. The molecule has 0 bridgehead atoms. The Morgan fingerprint density at radius 2 is 2.24 bits per heavy atom. The van der Waals surface area contributed by atoms with Gasteiger partial charge in [-0.3, -0.25) is 19.6 Å². The van der Waals surface area contributed by atoms with Gasteiger partial charge in [-0.05, 0) is 13.0 Å². The van der Waals surface area contributed by atoms with Gasteiger partial charge in [0.2, 0.25) is 5.91 Å². The number of non-ortho nitro benzene ring substituents is 1. The Balaban J connectivity index is 2.15. The Hall–Kier alpha value is -2.90. The third-order valence-electron chi connectivity index (χ3n) is 2.84. The third kappa shape index (κ3) is 3.56. The Morgan fingerprint density at radius 1 is 1.48 bits per heavy atom. The van der Waals surface area contributed by atoms with Crippen LogP contribution < -0.4 is 10.1 Å². The number of ether oxygens (including phenoxy) is 1. The zero-order chi connectivity index (χ0) is 15.4. The predicted molar refractivity (Wildman–Crippen MR) is 75.2 cm³/mol. The van der Waals surface area contributed by atoms with E-state index in [0.717, 1.165) is 5.69 Å². The number of anilines is 1. The fourth-order valence-electron chi connectivity index (χ4n) is 1.78. The number of carbonyl (C=O) groups excluding carboxylic acids is 1. The maximum atomic E-state index is 11.9. The topological polar surface area (TPSA) is 99.3 Å². The van der Waals surface area contributed by atoms with E-state index in [2.05, 4.69) is 10.4 Å². The third-order valence-corrected chi connectivity index (χ3v) is 2.84. The molecule has 0 radical (unpaired) electrons. The lowest BCUT2D eigenvalue weighted by Crippen LogP contribution is -2.20. The van der Waals surface area contributed by atoms with E-state index in [0.29, 0.717) is 11.4 Å². The van der Waals surface area contributed by atoms with Crippen LogP contribution in [-0.4, -0.2) is 27.7 Å². The van der Waals surface area contributed by atoms with E-state index in [4.69, 9.17) is 4.74 Å². The molecular weight excluding hydrogens is 276 g/mol. The number of nitrogens with zero attached hydrogens (tertiary/aromatic N) is 3. The van der Waals surface area contributed by atoms with Crippen LogP contribution in [0.15, 0.2) is 30.5 Å². The molecule has 2 rings (SSSR count). The maximum absolute atomic E-state index is 11.9. The number of nitrogens with one attached hydrogen (secondary N) is 1. The summed E-state index contributed by atoms with van der Waals surface area (Å²) in [6, 6.07) is 5.86. The van der Waals surface area contributed by atoms with Crippen LogP contribution >= 0.6 is 0 Å². The molecule has 8 nitrogen and oxygen atoms in total. The monoisotopic (exact) mass is 290 g/mol. The molecule has 0 aliphatic heterocycles. The smallest absolute Gasteiger partial charge is 0.275 e. The second kappa shape index (κ2) is 6.04. The first-order valence-corrected chi connectivity index (χ1v) is 6.11. The van der Waals surface area contributed by atoms with Crippen molar-refractivity contribution in [3.63, 3.8) is 0 Å². The molecule has 1 amide bonds. The SMILES string of the molecule is COc1cc(NC(=O)Cn2nccc2C)cc([N+](=O)[O-])c1. The average molecular weight is 290 g/mol. The lowest BCUT2D eigenvalue weighted by molar-refractivity contribution is -0.384. The molecule has 1 N–H and O–H groups in total. The van der Waals surface area contributed by atoms with Crippen molar-refractivity contribution in [3.05, 3.63) is 46.3 Å². The van der Waals surface area contributed by atoms with Crippen molar-refractivity contribution in [3.8, 4) is 5.75 Å². The zero-order valence-corrected chi connectivity index (χ0v) is 11.6. The Bertz CT molecular complexity index is 681. The molecule has 0 fully saturated rings. The summed E-state index contributed by atoms with van der Waals surface area (Å²) in [4.78, 5) is 22.2. The summed E-state index contributed by atoms with van der Waals surface area (Å²) >= 11 is 0. The van der Waals surface area contributed by atoms with E-state index < -0.39 is 4.92 Å². The summed E-state index contributed by atoms with van der Waals surface area (Å²) in [6.45, 7) is 1.86. The number of carbonyl (C=O) groups is 1. The summed E-state index contributed by atoms with van der Waals surface area (Å²) in [5.74, 6) is -0.0286. The van der Waals surface area contributed by atoms with E-state index in [1.165, 1.54) is 30.0 Å². The van der Waals surface area contributed by atoms with Gasteiger partial charge >= 0.3 is 0 Å². The number of hydrogen-bond acceptors (Lipinski definition) is 5. The molecule has 0 aliphatic carbocycles. The maximum Gasteiger partial charge on any atom is 0.275 e. The van der Waals surface area contributed by atoms with Crippen LogP contribution in [0.2, 0.25) is 0 Å². The summed E-state index contributed by atoms with van der Waals surface area (Å²) in [5, 5.41) is 17.4. The van der Waals surface area contributed by atoms with E-state index in [9.17, 15) is 14.9 Å². The molecule has 2 aromatic rings. The first kappa shape index (κ1) is 14.5. The second-order valence-corrected chi connectivity index (χ2v) is 4.36. The van der Waals surface area contributed by atoms with Gasteiger partial charge < -0.3 is 10.1 Å². The van der Waals surface area contributed by atoms with Crippen LogP contribution in [0.3, 0.4) is 0 Å². The zero-order valence-electron chi connectivity index (χ0n) is 11.6. The van der Waals surface area contributed by atoms with Gasteiger partial charge in [-0.2, -0.15) is 5.10 Å². The molecule has 0 unspecified atom stereocenters. The number of rotatable bonds is 5. The van der Waals surface area contributed by atoms with Crippen molar-refractivity contribution in [2.24, 2.45) is 0 Å². The Labute approximate surface area is 120 Å². The van der Waals surface area contributed by atoms with Crippen molar-refractivity contribution in [2.45, 2.75) is 13.5 Å². The molecule has 1 heterocycles. The number of aromatic nitrogens is 2. The number of methoxy groups -OCH3 is 1. The van der Waals surface area contributed by atoms with Crippen molar-refractivity contribution in [2.75, 3.05) is 12.4 Å². The van der Waals surface area contributed by atoms with Gasteiger partial charge in [-0.25, -0.2) is 0 Å². The van der Waals surface area contributed by atoms with Gasteiger partial charge in [0.1, 0.15) is 12.3 Å².